The Morgan fingerprint density at radius 3 is 2.70 bits per heavy atom. The minimum atomic E-state index is -0.243. The lowest BCUT2D eigenvalue weighted by Gasteiger charge is -2.08. The van der Waals surface area contributed by atoms with Gasteiger partial charge >= 0.3 is 0 Å². The predicted molar refractivity (Wildman–Crippen MR) is 115 cm³/mol. The SMILES string of the molecule is CC(Sc1nc2ccccc2s1)C(=O)Nc1ncc(Cc2ccccc2)s1. The number of carbonyl (C=O) groups excluding carboxylic acids is 1. The van der Waals surface area contributed by atoms with Crippen LogP contribution in [0.15, 0.2) is 65.1 Å². The molecule has 0 radical (unpaired) electrons. The second-order valence-electron chi connectivity index (χ2n) is 5.99. The summed E-state index contributed by atoms with van der Waals surface area (Å²) in [5, 5.41) is 3.32. The molecule has 2 aromatic heterocycles. The van der Waals surface area contributed by atoms with Gasteiger partial charge in [0.25, 0.3) is 0 Å². The molecule has 0 bridgehead atoms. The van der Waals surface area contributed by atoms with Gasteiger partial charge in [0.05, 0.1) is 15.5 Å². The van der Waals surface area contributed by atoms with Gasteiger partial charge in [-0.25, -0.2) is 9.97 Å². The van der Waals surface area contributed by atoms with E-state index in [9.17, 15) is 4.79 Å². The number of nitrogens with zero attached hydrogens (tertiary/aromatic N) is 2. The maximum atomic E-state index is 12.5. The second-order valence-corrected chi connectivity index (χ2v) is 9.72. The van der Waals surface area contributed by atoms with Crippen LogP contribution in [0.1, 0.15) is 17.4 Å². The first-order valence-corrected chi connectivity index (χ1v) is 11.0. The van der Waals surface area contributed by atoms with Crippen molar-refractivity contribution in [3.05, 3.63) is 71.2 Å². The fourth-order valence-corrected chi connectivity index (χ4v) is 5.62. The van der Waals surface area contributed by atoms with Gasteiger partial charge in [-0.2, -0.15) is 0 Å². The molecule has 0 fully saturated rings. The van der Waals surface area contributed by atoms with E-state index < -0.39 is 0 Å². The number of para-hydroxylation sites is 1. The van der Waals surface area contributed by atoms with Crippen LogP contribution < -0.4 is 5.32 Å². The van der Waals surface area contributed by atoms with Gasteiger partial charge in [-0.3, -0.25) is 4.79 Å². The zero-order valence-corrected chi connectivity index (χ0v) is 17.0. The molecular formula is C20H17N3OS3. The lowest BCUT2D eigenvalue weighted by Crippen LogP contribution is -2.22. The molecule has 2 aromatic carbocycles. The number of rotatable bonds is 6. The van der Waals surface area contributed by atoms with E-state index in [1.165, 1.54) is 28.7 Å². The maximum Gasteiger partial charge on any atom is 0.239 e. The lowest BCUT2D eigenvalue weighted by atomic mass is 10.1. The van der Waals surface area contributed by atoms with E-state index in [-0.39, 0.29) is 11.2 Å². The average Bonchev–Trinajstić information content (AvgIpc) is 3.28. The van der Waals surface area contributed by atoms with Crippen molar-refractivity contribution in [2.75, 3.05) is 5.32 Å². The van der Waals surface area contributed by atoms with Gasteiger partial charge in [-0.15, -0.1) is 22.7 Å². The van der Waals surface area contributed by atoms with E-state index in [0.717, 1.165) is 25.9 Å². The highest BCUT2D eigenvalue weighted by Gasteiger charge is 2.18. The predicted octanol–water partition coefficient (Wildman–Crippen LogP) is 5.46. The zero-order chi connectivity index (χ0) is 18.6. The summed E-state index contributed by atoms with van der Waals surface area (Å²) in [5.74, 6) is -0.0557. The number of amides is 1. The van der Waals surface area contributed by atoms with Gasteiger partial charge in [-0.05, 0) is 24.6 Å². The second kappa shape index (κ2) is 8.21. The first-order valence-electron chi connectivity index (χ1n) is 8.49. The molecule has 0 spiro atoms. The maximum absolute atomic E-state index is 12.5. The molecule has 27 heavy (non-hydrogen) atoms. The van der Waals surface area contributed by atoms with Crippen LogP contribution in [0, 0.1) is 0 Å². The molecule has 0 aliphatic rings. The van der Waals surface area contributed by atoms with Crippen molar-refractivity contribution in [3.63, 3.8) is 0 Å². The van der Waals surface area contributed by atoms with Gasteiger partial charge in [0.15, 0.2) is 9.47 Å². The molecule has 7 heteroatoms. The summed E-state index contributed by atoms with van der Waals surface area (Å²) < 4.78 is 2.04. The van der Waals surface area contributed by atoms with Crippen LogP contribution in [0.4, 0.5) is 5.13 Å². The molecule has 0 saturated carbocycles. The molecule has 1 N–H and O–H groups in total. The number of carbonyl (C=O) groups is 1. The monoisotopic (exact) mass is 411 g/mol. The fourth-order valence-electron chi connectivity index (χ4n) is 2.56. The van der Waals surface area contributed by atoms with E-state index in [1.54, 1.807) is 11.3 Å². The Morgan fingerprint density at radius 2 is 1.89 bits per heavy atom. The molecule has 136 valence electrons. The summed E-state index contributed by atoms with van der Waals surface area (Å²) in [6.45, 7) is 1.89. The molecule has 0 aliphatic carbocycles. The summed E-state index contributed by atoms with van der Waals surface area (Å²) in [6, 6.07) is 18.3. The van der Waals surface area contributed by atoms with Crippen molar-refractivity contribution < 1.29 is 4.79 Å². The van der Waals surface area contributed by atoms with E-state index in [0.29, 0.717) is 5.13 Å². The minimum absolute atomic E-state index is 0.0557. The first kappa shape index (κ1) is 18.2. The van der Waals surface area contributed by atoms with Gasteiger partial charge < -0.3 is 5.32 Å². The van der Waals surface area contributed by atoms with Gasteiger partial charge in [0.1, 0.15) is 0 Å². The zero-order valence-electron chi connectivity index (χ0n) is 14.6. The average molecular weight is 412 g/mol. The molecule has 1 unspecified atom stereocenters. The Morgan fingerprint density at radius 1 is 1.11 bits per heavy atom. The molecule has 1 amide bonds. The molecule has 1 atom stereocenters. The van der Waals surface area contributed by atoms with Crippen LogP contribution in [-0.2, 0) is 11.2 Å². The number of nitrogens with one attached hydrogen (secondary N) is 1. The number of hydrogen-bond acceptors (Lipinski definition) is 6. The van der Waals surface area contributed by atoms with Crippen molar-refractivity contribution >= 4 is 55.7 Å². The van der Waals surface area contributed by atoms with Crippen molar-refractivity contribution in [2.45, 2.75) is 22.9 Å². The Kier molecular flexibility index (Phi) is 5.52. The largest absolute Gasteiger partial charge is 0.301 e. The number of fused-ring (bicyclic) bond motifs is 1. The molecular weight excluding hydrogens is 394 g/mol. The summed E-state index contributed by atoms with van der Waals surface area (Å²) in [4.78, 5) is 22.6. The summed E-state index contributed by atoms with van der Waals surface area (Å²) in [6.07, 6.45) is 2.66. The van der Waals surface area contributed by atoms with Gasteiger partial charge in [0, 0.05) is 17.5 Å². The number of hydrogen-bond donors (Lipinski definition) is 1. The Hall–Kier alpha value is -2.22. The van der Waals surface area contributed by atoms with Crippen LogP contribution in [0.5, 0.6) is 0 Å². The quantitative estimate of drug-likeness (QED) is 0.428. The molecule has 4 aromatic rings. The molecule has 4 nitrogen and oxygen atoms in total. The van der Waals surface area contributed by atoms with Crippen LogP contribution in [0.3, 0.4) is 0 Å². The standard InChI is InChI=1S/C20H17N3OS3/c1-13(25-20-22-16-9-5-6-10-17(16)27-20)18(24)23-19-21-12-15(26-19)11-14-7-3-2-4-8-14/h2-10,12-13H,11H2,1H3,(H,21,23,24). The molecule has 0 saturated heterocycles. The number of anilines is 1. The van der Waals surface area contributed by atoms with Crippen LogP contribution in [-0.4, -0.2) is 21.1 Å². The Balaban J connectivity index is 1.37. The number of thioether (sulfide) groups is 1. The smallest absolute Gasteiger partial charge is 0.239 e. The van der Waals surface area contributed by atoms with E-state index >= 15 is 0 Å². The normalized spacial score (nSPS) is 12.2. The third kappa shape index (κ3) is 4.55. The van der Waals surface area contributed by atoms with Crippen LogP contribution in [0.25, 0.3) is 10.2 Å². The Labute approximate surface area is 169 Å². The molecule has 4 rings (SSSR count). The first-order chi connectivity index (χ1) is 13.2. The summed E-state index contributed by atoms with van der Waals surface area (Å²) in [5.41, 5.74) is 2.21. The van der Waals surface area contributed by atoms with Crippen molar-refractivity contribution in [3.8, 4) is 0 Å². The topological polar surface area (TPSA) is 54.9 Å². The Bertz CT molecular complexity index is 1030. The molecule has 2 heterocycles. The highest BCUT2D eigenvalue weighted by atomic mass is 32.2. The fraction of sp³-hybridized carbons (Fsp3) is 0.150. The minimum Gasteiger partial charge on any atom is -0.301 e. The highest BCUT2D eigenvalue weighted by molar-refractivity contribution is 8.02. The van der Waals surface area contributed by atoms with Crippen LogP contribution in [0.2, 0.25) is 0 Å². The van der Waals surface area contributed by atoms with E-state index in [4.69, 9.17) is 0 Å². The third-order valence-corrected chi connectivity index (χ3v) is 7.07. The summed E-state index contributed by atoms with van der Waals surface area (Å²) >= 11 is 4.61. The molecule has 0 aliphatic heterocycles. The van der Waals surface area contributed by atoms with Crippen molar-refractivity contribution in [1.82, 2.24) is 9.97 Å². The lowest BCUT2D eigenvalue weighted by molar-refractivity contribution is -0.115. The van der Waals surface area contributed by atoms with Crippen molar-refractivity contribution in [2.24, 2.45) is 0 Å². The van der Waals surface area contributed by atoms with E-state index in [2.05, 4.69) is 27.4 Å². The van der Waals surface area contributed by atoms with E-state index in [1.807, 2.05) is 55.6 Å². The number of aromatic nitrogens is 2. The number of thiazole rings is 2. The van der Waals surface area contributed by atoms with Gasteiger partial charge in [-0.1, -0.05) is 54.2 Å². The third-order valence-electron chi connectivity index (χ3n) is 3.93. The number of benzene rings is 2. The summed E-state index contributed by atoms with van der Waals surface area (Å²) in [7, 11) is 0. The van der Waals surface area contributed by atoms with Crippen LogP contribution >= 0.6 is 34.4 Å². The van der Waals surface area contributed by atoms with Gasteiger partial charge in [0.2, 0.25) is 5.91 Å². The highest BCUT2D eigenvalue weighted by Crippen LogP contribution is 2.32. The van der Waals surface area contributed by atoms with Crippen molar-refractivity contribution in [1.29, 1.82) is 0 Å².